The van der Waals surface area contributed by atoms with Crippen LogP contribution in [0.1, 0.15) is 49.9 Å². The van der Waals surface area contributed by atoms with Gasteiger partial charge < -0.3 is 10.5 Å². The summed E-state index contributed by atoms with van der Waals surface area (Å²) in [5.74, 6) is 0.949. The van der Waals surface area contributed by atoms with Gasteiger partial charge in [-0.05, 0) is 50.7 Å². The molecule has 2 N–H and O–H groups in total. The van der Waals surface area contributed by atoms with Gasteiger partial charge in [0.05, 0.1) is 5.56 Å². The predicted molar refractivity (Wildman–Crippen MR) is 75.0 cm³/mol. The van der Waals surface area contributed by atoms with Gasteiger partial charge in [0, 0.05) is 12.8 Å². The number of nitrogens with two attached hydrogens (primary N) is 1. The Balaban J connectivity index is 2.29. The number of aromatic nitrogens is 1. The molecule has 1 aromatic rings. The zero-order chi connectivity index (χ0) is 13.9. The lowest BCUT2D eigenvalue weighted by atomic mass is 9.75. The second-order valence-electron chi connectivity index (χ2n) is 5.38. The summed E-state index contributed by atoms with van der Waals surface area (Å²) in [6.07, 6.45) is 5.19. The van der Waals surface area contributed by atoms with E-state index in [1.807, 2.05) is 6.92 Å². The number of carbonyl (C=O) groups excluding carboxylic acids is 1. The lowest BCUT2D eigenvalue weighted by Crippen LogP contribution is -2.45. The fourth-order valence-corrected chi connectivity index (χ4v) is 2.80. The first-order valence-corrected chi connectivity index (χ1v) is 6.98. The normalized spacial score (nSPS) is 27.2. The van der Waals surface area contributed by atoms with Crippen LogP contribution in [0.5, 0.6) is 0 Å². The van der Waals surface area contributed by atoms with Crippen LogP contribution in [0.25, 0.3) is 0 Å². The summed E-state index contributed by atoms with van der Waals surface area (Å²) in [5.41, 5.74) is 5.62. The molecule has 4 heteroatoms. The molecule has 0 aliphatic heterocycles. The molecule has 0 atom stereocenters. The molecule has 1 aromatic heterocycles. The largest absolute Gasteiger partial charge is 0.383 e. The highest BCUT2D eigenvalue weighted by Gasteiger charge is 2.42. The first-order valence-electron chi connectivity index (χ1n) is 6.98. The topological polar surface area (TPSA) is 65.2 Å². The van der Waals surface area contributed by atoms with Crippen LogP contribution in [0.2, 0.25) is 0 Å². The fourth-order valence-electron chi connectivity index (χ4n) is 2.80. The Morgan fingerprint density at radius 2 is 2.21 bits per heavy atom. The van der Waals surface area contributed by atoms with Crippen LogP contribution in [0.15, 0.2) is 18.3 Å². The van der Waals surface area contributed by atoms with Gasteiger partial charge in [0.1, 0.15) is 11.4 Å². The van der Waals surface area contributed by atoms with Gasteiger partial charge in [-0.15, -0.1) is 0 Å². The van der Waals surface area contributed by atoms with Crippen molar-refractivity contribution in [1.82, 2.24) is 4.98 Å². The number of ether oxygens (including phenoxy) is 1. The minimum Gasteiger partial charge on any atom is -0.383 e. The maximum absolute atomic E-state index is 12.8. The summed E-state index contributed by atoms with van der Waals surface area (Å²) >= 11 is 0. The van der Waals surface area contributed by atoms with Gasteiger partial charge in [-0.25, -0.2) is 4.98 Å². The first kappa shape index (κ1) is 14.0. The van der Waals surface area contributed by atoms with Crippen LogP contribution >= 0.6 is 0 Å². The van der Waals surface area contributed by atoms with E-state index in [9.17, 15) is 4.79 Å². The highest BCUT2D eigenvalue weighted by Crippen LogP contribution is 2.37. The van der Waals surface area contributed by atoms with E-state index >= 15 is 0 Å². The van der Waals surface area contributed by atoms with Crippen molar-refractivity contribution in [2.45, 2.75) is 45.1 Å². The zero-order valence-corrected chi connectivity index (χ0v) is 11.7. The first-order chi connectivity index (χ1) is 9.09. The minimum absolute atomic E-state index is 0.00755. The van der Waals surface area contributed by atoms with Crippen molar-refractivity contribution in [1.29, 1.82) is 0 Å². The van der Waals surface area contributed by atoms with Crippen LogP contribution in [0.3, 0.4) is 0 Å². The molecule has 104 valence electrons. The third-order valence-electron chi connectivity index (χ3n) is 4.00. The number of nitrogen functional groups attached to an aromatic ring is 1. The zero-order valence-electron chi connectivity index (χ0n) is 11.7. The lowest BCUT2D eigenvalue weighted by Gasteiger charge is -2.37. The second-order valence-corrected chi connectivity index (χ2v) is 5.38. The summed E-state index contributed by atoms with van der Waals surface area (Å²) < 4.78 is 5.86. The monoisotopic (exact) mass is 262 g/mol. The molecule has 0 amide bonds. The van der Waals surface area contributed by atoms with Gasteiger partial charge in [-0.2, -0.15) is 0 Å². The highest BCUT2D eigenvalue weighted by atomic mass is 16.5. The maximum atomic E-state index is 12.8. The number of hydrogen-bond acceptors (Lipinski definition) is 4. The average Bonchev–Trinajstić information content (AvgIpc) is 2.42. The van der Waals surface area contributed by atoms with E-state index in [1.54, 1.807) is 18.3 Å². The molecule has 0 spiro atoms. The van der Waals surface area contributed by atoms with E-state index < -0.39 is 5.60 Å². The number of anilines is 1. The third-order valence-corrected chi connectivity index (χ3v) is 4.00. The van der Waals surface area contributed by atoms with Gasteiger partial charge in [0.15, 0.2) is 5.78 Å². The number of carbonyl (C=O) groups is 1. The minimum atomic E-state index is -0.696. The quantitative estimate of drug-likeness (QED) is 0.847. The summed E-state index contributed by atoms with van der Waals surface area (Å²) in [4.78, 5) is 16.8. The molecule has 4 nitrogen and oxygen atoms in total. The van der Waals surface area contributed by atoms with E-state index in [0.29, 0.717) is 23.9 Å². The second kappa shape index (κ2) is 5.70. The van der Waals surface area contributed by atoms with Crippen LogP contribution < -0.4 is 5.73 Å². The molecule has 0 unspecified atom stereocenters. The Morgan fingerprint density at radius 1 is 1.53 bits per heavy atom. The van der Waals surface area contributed by atoms with Gasteiger partial charge in [0.2, 0.25) is 0 Å². The molecular weight excluding hydrogens is 240 g/mol. The number of Topliss-reactive ketones (excluding diaryl/α,β-unsaturated/α-hetero) is 1. The van der Waals surface area contributed by atoms with E-state index in [2.05, 4.69) is 11.9 Å². The van der Waals surface area contributed by atoms with Crippen molar-refractivity contribution in [3.05, 3.63) is 23.9 Å². The van der Waals surface area contributed by atoms with Crippen molar-refractivity contribution in [2.75, 3.05) is 12.3 Å². The Bertz CT molecular complexity index is 451. The predicted octanol–water partition coefficient (Wildman–Crippen LogP) is 2.83. The smallest absolute Gasteiger partial charge is 0.198 e. The maximum Gasteiger partial charge on any atom is 0.198 e. The van der Waals surface area contributed by atoms with Crippen molar-refractivity contribution in [3.63, 3.8) is 0 Å². The molecule has 0 aromatic carbocycles. The number of ketones is 1. The summed E-state index contributed by atoms with van der Waals surface area (Å²) in [7, 11) is 0. The van der Waals surface area contributed by atoms with E-state index in [0.717, 1.165) is 25.7 Å². The summed E-state index contributed by atoms with van der Waals surface area (Å²) in [6.45, 7) is 4.69. The Morgan fingerprint density at radius 3 is 2.79 bits per heavy atom. The van der Waals surface area contributed by atoms with Crippen molar-refractivity contribution in [2.24, 2.45) is 5.92 Å². The number of hydrogen-bond donors (Lipinski definition) is 1. The number of pyridine rings is 1. The molecular formula is C15H22N2O2. The molecule has 2 rings (SSSR count). The lowest BCUT2D eigenvalue weighted by molar-refractivity contribution is -0.0473. The van der Waals surface area contributed by atoms with Crippen LogP contribution in [0, 0.1) is 5.92 Å². The molecule has 0 saturated heterocycles. The van der Waals surface area contributed by atoms with Crippen LogP contribution in [-0.4, -0.2) is 23.0 Å². The molecule has 1 aliphatic rings. The van der Waals surface area contributed by atoms with Crippen molar-refractivity contribution >= 4 is 11.6 Å². The average molecular weight is 262 g/mol. The van der Waals surface area contributed by atoms with Gasteiger partial charge in [-0.3, -0.25) is 4.79 Å². The van der Waals surface area contributed by atoms with Crippen molar-refractivity contribution < 1.29 is 9.53 Å². The number of rotatable bonds is 4. The van der Waals surface area contributed by atoms with E-state index in [1.165, 1.54) is 0 Å². The Labute approximate surface area is 114 Å². The van der Waals surface area contributed by atoms with E-state index in [-0.39, 0.29) is 5.78 Å². The standard InChI is InChI=1S/C15H22N2O2/c1-3-19-15(8-6-11(2)7-9-15)13(18)12-5-4-10-17-14(12)16/h4-5,10-11H,3,6-9H2,1-2H3,(H2,16,17). The van der Waals surface area contributed by atoms with Crippen molar-refractivity contribution in [3.8, 4) is 0 Å². The van der Waals surface area contributed by atoms with Crippen LogP contribution in [0.4, 0.5) is 5.82 Å². The fraction of sp³-hybridized carbons (Fsp3) is 0.600. The van der Waals surface area contributed by atoms with Crippen LogP contribution in [-0.2, 0) is 4.74 Å². The third kappa shape index (κ3) is 2.78. The molecule has 0 bridgehead atoms. The highest BCUT2D eigenvalue weighted by molar-refractivity contribution is 6.05. The Kier molecular flexibility index (Phi) is 4.20. The number of nitrogens with zero attached hydrogens (tertiary/aromatic N) is 1. The molecule has 19 heavy (non-hydrogen) atoms. The van der Waals surface area contributed by atoms with Gasteiger partial charge >= 0.3 is 0 Å². The molecule has 1 saturated carbocycles. The SMILES string of the molecule is CCOC1(C(=O)c2cccnc2N)CCC(C)CC1. The Hall–Kier alpha value is -1.42. The molecule has 0 radical (unpaired) electrons. The molecule has 1 fully saturated rings. The molecule has 1 aliphatic carbocycles. The van der Waals surface area contributed by atoms with E-state index in [4.69, 9.17) is 10.5 Å². The van der Waals surface area contributed by atoms with Gasteiger partial charge in [-0.1, -0.05) is 6.92 Å². The summed E-state index contributed by atoms with van der Waals surface area (Å²) in [5, 5.41) is 0. The molecule has 1 heterocycles. The van der Waals surface area contributed by atoms with Gasteiger partial charge in [0.25, 0.3) is 0 Å². The summed E-state index contributed by atoms with van der Waals surface area (Å²) in [6, 6.07) is 3.48.